The summed E-state index contributed by atoms with van der Waals surface area (Å²) < 4.78 is 0. The van der Waals surface area contributed by atoms with Crippen molar-refractivity contribution in [3.05, 3.63) is 0 Å². The molecular weight excluding hydrogens is 216 g/mol. The summed E-state index contributed by atoms with van der Waals surface area (Å²) in [5.41, 5.74) is 0. The van der Waals surface area contributed by atoms with E-state index in [1.807, 2.05) is 0 Å². The number of carboxylic acid groups (broad SMARTS) is 1. The lowest BCUT2D eigenvalue weighted by atomic mass is 9.97. The molecule has 98 valence electrons. The zero-order valence-electron chi connectivity index (χ0n) is 10.9. The maximum absolute atomic E-state index is 11.0. The zero-order valence-corrected chi connectivity index (χ0v) is 10.9. The highest BCUT2D eigenvalue weighted by molar-refractivity contribution is 5.69. The molecule has 2 aliphatic heterocycles. The lowest BCUT2D eigenvalue weighted by Gasteiger charge is -2.39. The van der Waals surface area contributed by atoms with Crippen LogP contribution < -0.4 is 0 Å². The van der Waals surface area contributed by atoms with Gasteiger partial charge in [0.1, 0.15) is 0 Å². The second-order valence-corrected chi connectivity index (χ2v) is 5.61. The zero-order chi connectivity index (χ0) is 12.4. The summed E-state index contributed by atoms with van der Waals surface area (Å²) in [6, 6.07) is 1.37. The molecule has 0 saturated carbocycles. The average Bonchev–Trinajstić information content (AvgIpc) is 2.69. The van der Waals surface area contributed by atoms with Crippen LogP contribution in [0.2, 0.25) is 0 Å². The van der Waals surface area contributed by atoms with Gasteiger partial charge in [-0.2, -0.15) is 0 Å². The molecule has 2 heterocycles. The van der Waals surface area contributed by atoms with Gasteiger partial charge in [-0.25, -0.2) is 0 Å². The van der Waals surface area contributed by atoms with E-state index in [4.69, 9.17) is 5.11 Å². The van der Waals surface area contributed by atoms with Crippen LogP contribution in [0.3, 0.4) is 0 Å². The molecule has 4 heteroatoms. The molecule has 0 aliphatic carbocycles. The first-order chi connectivity index (χ1) is 8.09. The first-order valence-electron chi connectivity index (χ1n) is 6.81. The second kappa shape index (κ2) is 5.36. The van der Waals surface area contributed by atoms with Gasteiger partial charge in [-0.3, -0.25) is 14.6 Å². The standard InChI is InChI=1S/C13H24N2O2/c1-10(2)15(9-13(16)17)12-6-8-14-7-4-3-5-11(12)14/h10-12H,3-9H2,1-2H3,(H,16,17). The quantitative estimate of drug-likeness (QED) is 0.807. The van der Waals surface area contributed by atoms with Crippen LogP contribution in [0.5, 0.6) is 0 Å². The van der Waals surface area contributed by atoms with Crippen LogP contribution in [0, 0.1) is 0 Å². The van der Waals surface area contributed by atoms with E-state index < -0.39 is 5.97 Å². The molecule has 2 unspecified atom stereocenters. The minimum Gasteiger partial charge on any atom is -0.480 e. The minimum atomic E-state index is -0.701. The van der Waals surface area contributed by atoms with Gasteiger partial charge in [-0.1, -0.05) is 6.42 Å². The highest BCUT2D eigenvalue weighted by Gasteiger charge is 2.39. The largest absolute Gasteiger partial charge is 0.480 e. The van der Waals surface area contributed by atoms with E-state index in [-0.39, 0.29) is 6.54 Å². The summed E-state index contributed by atoms with van der Waals surface area (Å²) in [4.78, 5) is 15.7. The summed E-state index contributed by atoms with van der Waals surface area (Å²) in [5, 5.41) is 9.03. The van der Waals surface area contributed by atoms with Crippen molar-refractivity contribution >= 4 is 5.97 Å². The Balaban J connectivity index is 2.05. The fraction of sp³-hybridized carbons (Fsp3) is 0.923. The Hall–Kier alpha value is -0.610. The number of carboxylic acids is 1. The monoisotopic (exact) mass is 240 g/mol. The number of hydrogen-bond donors (Lipinski definition) is 1. The molecule has 0 aromatic heterocycles. The van der Waals surface area contributed by atoms with Gasteiger partial charge in [0.15, 0.2) is 0 Å². The summed E-state index contributed by atoms with van der Waals surface area (Å²) in [5.74, 6) is -0.701. The highest BCUT2D eigenvalue weighted by atomic mass is 16.4. The predicted octanol–water partition coefficient (Wildman–Crippen LogP) is 1.41. The smallest absolute Gasteiger partial charge is 0.317 e. The molecule has 0 aromatic carbocycles. The normalized spacial score (nSPS) is 29.9. The van der Waals surface area contributed by atoms with Crippen LogP contribution in [-0.4, -0.2) is 58.6 Å². The summed E-state index contributed by atoms with van der Waals surface area (Å²) in [6.45, 7) is 6.76. The minimum absolute atomic E-state index is 0.187. The molecule has 4 nitrogen and oxygen atoms in total. The van der Waals surface area contributed by atoms with Crippen molar-refractivity contribution in [2.75, 3.05) is 19.6 Å². The van der Waals surface area contributed by atoms with E-state index in [0.717, 1.165) is 13.0 Å². The summed E-state index contributed by atoms with van der Waals surface area (Å²) >= 11 is 0. The molecule has 17 heavy (non-hydrogen) atoms. The van der Waals surface area contributed by atoms with Crippen LogP contribution in [-0.2, 0) is 4.79 Å². The van der Waals surface area contributed by atoms with Gasteiger partial charge < -0.3 is 5.11 Å². The van der Waals surface area contributed by atoms with E-state index in [1.165, 1.54) is 25.8 Å². The Morgan fingerprint density at radius 3 is 2.76 bits per heavy atom. The van der Waals surface area contributed by atoms with Crippen molar-refractivity contribution in [3.8, 4) is 0 Å². The van der Waals surface area contributed by atoms with Crippen LogP contribution >= 0.6 is 0 Å². The Morgan fingerprint density at radius 1 is 1.35 bits per heavy atom. The summed E-state index contributed by atoms with van der Waals surface area (Å²) in [7, 11) is 0. The Bertz CT molecular complexity index is 281. The lowest BCUT2D eigenvalue weighted by molar-refractivity contribution is -0.139. The van der Waals surface area contributed by atoms with Crippen molar-refractivity contribution < 1.29 is 9.90 Å². The van der Waals surface area contributed by atoms with Crippen molar-refractivity contribution in [1.82, 2.24) is 9.80 Å². The molecule has 0 aromatic rings. The molecule has 2 rings (SSSR count). The SMILES string of the molecule is CC(C)N(CC(=O)O)C1CCN2CCCCC12. The fourth-order valence-corrected chi connectivity index (χ4v) is 3.45. The molecule has 0 radical (unpaired) electrons. The molecule has 1 N–H and O–H groups in total. The number of hydrogen-bond acceptors (Lipinski definition) is 3. The van der Waals surface area contributed by atoms with Crippen LogP contribution in [0.4, 0.5) is 0 Å². The van der Waals surface area contributed by atoms with Gasteiger partial charge in [0.05, 0.1) is 6.54 Å². The van der Waals surface area contributed by atoms with Gasteiger partial charge in [-0.15, -0.1) is 0 Å². The molecular formula is C13H24N2O2. The van der Waals surface area contributed by atoms with Gasteiger partial charge in [0.2, 0.25) is 0 Å². The average molecular weight is 240 g/mol. The van der Waals surface area contributed by atoms with E-state index in [1.54, 1.807) is 0 Å². The number of fused-ring (bicyclic) bond motifs is 1. The number of nitrogens with zero attached hydrogens (tertiary/aromatic N) is 2. The number of carbonyl (C=O) groups is 1. The molecule has 0 amide bonds. The fourth-order valence-electron chi connectivity index (χ4n) is 3.45. The first-order valence-corrected chi connectivity index (χ1v) is 6.81. The van der Waals surface area contributed by atoms with Crippen molar-refractivity contribution in [3.63, 3.8) is 0 Å². The van der Waals surface area contributed by atoms with Crippen LogP contribution in [0.1, 0.15) is 39.5 Å². The molecule has 2 fully saturated rings. The number of rotatable bonds is 4. The Kier molecular flexibility index (Phi) is 4.05. The van der Waals surface area contributed by atoms with Crippen molar-refractivity contribution in [2.45, 2.75) is 57.7 Å². The van der Waals surface area contributed by atoms with Crippen LogP contribution in [0.25, 0.3) is 0 Å². The molecule has 2 saturated heterocycles. The maximum atomic E-state index is 11.0. The topological polar surface area (TPSA) is 43.8 Å². The third-order valence-corrected chi connectivity index (χ3v) is 4.23. The van der Waals surface area contributed by atoms with Gasteiger partial charge in [0.25, 0.3) is 0 Å². The van der Waals surface area contributed by atoms with E-state index in [2.05, 4.69) is 23.6 Å². The number of aliphatic carboxylic acids is 1. The molecule has 2 aliphatic rings. The molecule has 2 atom stereocenters. The highest BCUT2D eigenvalue weighted by Crippen LogP contribution is 2.31. The molecule has 0 bridgehead atoms. The van der Waals surface area contributed by atoms with Crippen LogP contribution in [0.15, 0.2) is 0 Å². The second-order valence-electron chi connectivity index (χ2n) is 5.61. The molecule has 0 spiro atoms. The third kappa shape index (κ3) is 2.80. The predicted molar refractivity (Wildman–Crippen MR) is 67.1 cm³/mol. The van der Waals surface area contributed by atoms with Gasteiger partial charge >= 0.3 is 5.97 Å². The lowest BCUT2D eigenvalue weighted by Crippen LogP contribution is -2.51. The Labute approximate surface area is 104 Å². The Morgan fingerprint density at radius 2 is 2.12 bits per heavy atom. The maximum Gasteiger partial charge on any atom is 0.317 e. The van der Waals surface area contributed by atoms with Crippen molar-refractivity contribution in [1.29, 1.82) is 0 Å². The van der Waals surface area contributed by atoms with E-state index >= 15 is 0 Å². The van der Waals surface area contributed by atoms with E-state index in [0.29, 0.717) is 18.1 Å². The van der Waals surface area contributed by atoms with Gasteiger partial charge in [0, 0.05) is 24.7 Å². The summed E-state index contributed by atoms with van der Waals surface area (Å²) in [6.07, 6.45) is 4.99. The third-order valence-electron chi connectivity index (χ3n) is 4.23. The number of piperidine rings is 1. The van der Waals surface area contributed by atoms with E-state index in [9.17, 15) is 4.79 Å². The first kappa shape index (κ1) is 12.8. The van der Waals surface area contributed by atoms with Crippen molar-refractivity contribution in [2.24, 2.45) is 0 Å². The van der Waals surface area contributed by atoms with Gasteiger partial charge in [-0.05, 0) is 39.7 Å².